The molecule has 0 aliphatic heterocycles. The third kappa shape index (κ3) is 3.08. The summed E-state index contributed by atoms with van der Waals surface area (Å²) in [4.78, 5) is 0. The van der Waals surface area contributed by atoms with E-state index in [4.69, 9.17) is 10.00 Å². The van der Waals surface area contributed by atoms with Crippen LogP contribution in [0.2, 0.25) is 0 Å². The Labute approximate surface area is 109 Å². The van der Waals surface area contributed by atoms with Crippen LogP contribution in [-0.2, 0) is 6.61 Å². The van der Waals surface area contributed by atoms with Crippen molar-refractivity contribution in [1.82, 2.24) is 0 Å². The molecule has 17 heavy (non-hydrogen) atoms. The van der Waals surface area contributed by atoms with Crippen LogP contribution >= 0.6 is 15.9 Å². The highest BCUT2D eigenvalue weighted by Gasteiger charge is 2.01. The summed E-state index contributed by atoms with van der Waals surface area (Å²) < 4.78 is 6.61. The average Bonchev–Trinajstić information content (AvgIpc) is 2.37. The van der Waals surface area contributed by atoms with Crippen LogP contribution in [0.3, 0.4) is 0 Å². The predicted octanol–water partition coefficient (Wildman–Crippen LogP) is 3.90. The van der Waals surface area contributed by atoms with Gasteiger partial charge in [0.1, 0.15) is 12.4 Å². The van der Waals surface area contributed by atoms with E-state index in [2.05, 4.69) is 22.0 Å². The molecule has 0 aliphatic carbocycles. The van der Waals surface area contributed by atoms with Gasteiger partial charge in [0.15, 0.2) is 0 Å². The van der Waals surface area contributed by atoms with Crippen LogP contribution in [0.4, 0.5) is 0 Å². The molecule has 3 heteroatoms. The Morgan fingerprint density at radius 2 is 1.94 bits per heavy atom. The summed E-state index contributed by atoms with van der Waals surface area (Å²) in [6.45, 7) is 0.403. The van der Waals surface area contributed by atoms with Crippen molar-refractivity contribution >= 4 is 15.9 Å². The van der Waals surface area contributed by atoms with Crippen LogP contribution in [0.15, 0.2) is 53.0 Å². The topological polar surface area (TPSA) is 33.0 Å². The van der Waals surface area contributed by atoms with Crippen molar-refractivity contribution in [3.05, 3.63) is 64.1 Å². The van der Waals surface area contributed by atoms with E-state index in [0.29, 0.717) is 12.2 Å². The van der Waals surface area contributed by atoms with Gasteiger partial charge in [-0.3, -0.25) is 0 Å². The molecule has 0 saturated carbocycles. The van der Waals surface area contributed by atoms with Gasteiger partial charge in [-0.05, 0) is 24.3 Å². The van der Waals surface area contributed by atoms with Gasteiger partial charge >= 0.3 is 0 Å². The molecule has 2 rings (SSSR count). The number of hydrogen-bond donors (Lipinski definition) is 0. The monoisotopic (exact) mass is 287 g/mol. The van der Waals surface area contributed by atoms with E-state index in [1.54, 1.807) is 6.07 Å². The molecule has 0 fully saturated rings. The van der Waals surface area contributed by atoms with Crippen LogP contribution < -0.4 is 4.74 Å². The van der Waals surface area contributed by atoms with Gasteiger partial charge in [-0.2, -0.15) is 5.26 Å². The van der Waals surface area contributed by atoms with Crippen LogP contribution in [0.5, 0.6) is 5.75 Å². The summed E-state index contributed by atoms with van der Waals surface area (Å²) in [5.41, 5.74) is 1.55. The molecule has 0 amide bonds. The highest BCUT2D eigenvalue weighted by molar-refractivity contribution is 9.10. The molecule has 84 valence electrons. The van der Waals surface area contributed by atoms with Gasteiger partial charge < -0.3 is 4.74 Å². The second-order valence-electron chi connectivity index (χ2n) is 3.52. The smallest absolute Gasteiger partial charge is 0.120 e. The lowest BCUT2D eigenvalue weighted by Gasteiger charge is -2.07. The Morgan fingerprint density at radius 1 is 1.12 bits per heavy atom. The largest absolute Gasteiger partial charge is 0.489 e. The standard InChI is InChI=1S/C14H10BrNO/c15-13-6-3-7-14(8-13)17-10-12-5-2-1-4-11(12)9-16/h1-8H,10H2. The molecule has 0 N–H and O–H groups in total. The van der Waals surface area contributed by atoms with Gasteiger partial charge in [-0.25, -0.2) is 0 Å². The van der Waals surface area contributed by atoms with E-state index < -0.39 is 0 Å². The summed E-state index contributed by atoms with van der Waals surface area (Å²) in [5.74, 6) is 0.784. The first-order valence-electron chi connectivity index (χ1n) is 5.16. The van der Waals surface area contributed by atoms with Crippen molar-refractivity contribution in [3.8, 4) is 11.8 Å². The normalized spacial score (nSPS) is 9.65. The van der Waals surface area contributed by atoms with Crippen LogP contribution in [0.25, 0.3) is 0 Å². The van der Waals surface area contributed by atoms with Crippen molar-refractivity contribution in [2.75, 3.05) is 0 Å². The van der Waals surface area contributed by atoms with Crippen molar-refractivity contribution in [1.29, 1.82) is 5.26 Å². The SMILES string of the molecule is N#Cc1ccccc1COc1cccc(Br)c1. The van der Waals surface area contributed by atoms with Gasteiger partial charge in [0.25, 0.3) is 0 Å². The van der Waals surface area contributed by atoms with Crippen LogP contribution in [0, 0.1) is 11.3 Å². The summed E-state index contributed by atoms with van der Waals surface area (Å²) in [7, 11) is 0. The average molecular weight is 288 g/mol. The Morgan fingerprint density at radius 3 is 2.71 bits per heavy atom. The summed E-state index contributed by atoms with van der Waals surface area (Å²) in [6.07, 6.45) is 0. The zero-order valence-electron chi connectivity index (χ0n) is 9.06. The van der Waals surface area contributed by atoms with E-state index in [9.17, 15) is 0 Å². The van der Waals surface area contributed by atoms with Crippen LogP contribution in [-0.4, -0.2) is 0 Å². The fraction of sp³-hybridized carbons (Fsp3) is 0.0714. The summed E-state index contributed by atoms with van der Waals surface area (Å²) >= 11 is 3.38. The minimum Gasteiger partial charge on any atom is -0.489 e. The van der Waals surface area contributed by atoms with Crippen molar-refractivity contribution < 1.29 is 4.74 Å². The lowest BCUT2D eigenvalue weighted by atomic mass is 10.1. The minimum atomic E-state index is 0.403. The molecule has 0 spiro atoms. The summed E-state index contributed by atoms with van der Waals surface area (Å²) in [6, 6.07) is 17.2. The highest BCUT2D eigenvalue weighted by Crippen LogP contribution is 2.19. The molecule has 0 bridgehead atoms. The zero-order valence-corrected chi connectivity index (χ0v) is 10.6. The molecule has 0 unspecified atom stereocenters. The maximum absolute atomic E-state index is 8.95. The molecule has 0 atom stereocenters. The summed E-state index contributed by atoms with van der Waals surface area (Å²) in [5, 5.41) is 8.95. The van der Waals surface area contributed by atoms with E-state index in [1.807, 2.05) is 42.5 Å². The Bertz CT molecular complexity index is 560. The van der Waals surface area contributed by atoms with Gasteiger partial charge in [0, 0.05) is 10.0 Å². The third-order valence-electron chi connectivity index (χ3n) is 2.33. The fourth-order valence-corrected chi connectivity index (χ4v) is 1.85. The quantitative estimate of drug-likeness (QED) is 0.858. The lowest BCUT2D eigenvalue weighted by Crippen LogP contribution is -1.97. The van der Waals surface area contributed by atoms with Gasteiger partial charge in [0.2, 0.25) is 0 Å². The number of hydrogen-bond acceptors (Lipinski definition) is 2. The first-order chi connectivity index (χ1) is 8.29. The van der Waals surface area contributed by atoms with Gasteiger partial charge in [0.05, 0.1) is 11.6 Å². The van der Waals surface area contributed by atoms with E-state index in [-0.39, 0.29) is 0 Å². The van der Waals surface area contributed by atoms with Gasteiger partial charge in [-0.15, -0.1) is 0 Å². The van der Waals surface area contributed by atoms with Crippen molar-refractivity contribution in [2.24, 2.45) is 0 Å². The number of benzene rings is 2. The zero-order chi connectivity index (χ0) is 12.1. The third-order valence-corrected chi connectivity index (χ3v) is 2.82. The molecule has 2 nitrogen and oxygen atoms in total. The predicted molar refractivity (Wildman–Crippen MR) is 69.6 cm³/mol. The number of nitriles is 1. The second kappa shape index (κ2) is 5.51. The lowest BCUT2D eigenvalue weighted by molar-refractivity contribution is 0.305. The Hall–Kier alpha value is -1.79. The minimum absolute atomic E-state index is 0.403. The number of rotatable bonds is 3. The van der Waals surface area contributed by atoms with E-state index in [1.165, 1.54) is 0 Å². The number of halogens is 1. The van der Waals surface area contributed by atoms with E-state index >= 15 is 0 Å². The maximum atomic E-state index is 8.95. The molecule has 2 aromatic rings. The van der Waals surface area contributed by atoms with Gasteiger partial charge in [-0.1, -0.05) is 40.2 Å². The molecular formula is C14H10BrNO. The Balaban J connectivity index is 2.10. The maximum Gasteiger partial charge on any atom is 0.120 e. The molecule has 2 aromatic carbocycles. The highest BCUT2D eigenvalue weighted by atomic mass is 79.9. The van der Waals surface area contributed by atoms with Crippen LogP contribution in [0.1, 0.15) is 11.1 Å². The molecule has 0 heterocycles. The first-order valence-corrected chi connectivity index (χ1v) is 5.95. The molecule has 0 aromatic heterocycles. The second-order valence-corrected chi connectivity index (χ2v) is 4.43. The molecular weight excluding hydrogens is 278 g/mol. The molecule has 0 aliphatic rings. The number of nitrogens with zero attached hydrogens (tertiary/aromatic N) is 1. The number of ether oxygens (including phenoxy) is 1. The van der Waals surface area contributed by atoms with Crippen molar-refractivity contribution in [3.63, 3.8) is 0 Å². The molecule has 0 radical (unpaired) electrons. The Kier molecular flexibility index (Phi) is 3.79. The molecule has 0 saturated heterocycles. The fourth-order valence-electron chi connectivity index (χ4n) is 1.47. The first kappa shape index (κ1) is 11.7. The van der Waals surface area contributed by atoms with E-state index in [0.717, 1.165) is 15.8 Å². The van der Waals surface area contributed by atoms with Crippen molar-refractivity contribution in [2.45, 2.75) is 6.61 Å².